The Labute approximate surface area is 110 Å². The van der Waals surface area contributed by atoms with Gasteiger partial charge in [0.15, 0.2) is 0 Å². The fourth-order valence-corrected chi connectivity index (χ4v) is 2.50. The number of hydrogen-bond donors (Lipinski definition) is 1. The van der Waals surface area contributed by atoms with E-state index in [0.29, 0.717) is 0 Å². The lowest BCUT2D eigenvalue weighted by molar-refractivity contribution is 0.391. The Morgan fingerprint density at radius 1 is 1.29 bits per heavy atom. The van der Waals surface area contributed by atoms with Gasteiger partial charge in [-0.3, -0.25) is 0 Å². The van der Waals surface area contributed by atoms with E-state index >= 15 is 0 Å². The molecule has 1 aromatic rings. The largest absolute Gasteiger partial charge is 0.496 e. The highest BCUT2D eigenvalue weighted by Crippen LogP contribution is 2.41. The van der Waals surface area contributed by atoms with Gasteiger partial charge in [-0.05, 0) is 40.4 Å². The summed E-state index contributed by atoms with van der Waals surface area (Å²) in [5.74, 6) is 2.42. The van der Waals surface area contributed by atoms with Crippen molar-refractivity contribution in [2.75, 3.05) is 14.2 Å². The maximum Gasteiger partial charge on any atom is 0.133 e. The zero-order valence-electron chi connectivity index (χ0n) is 10.2. The van der Waals surface area contributed by atoms with Crippen LogP contribution in [0.3, 0.4) is 0 Å². The van der Waals surface area contributed by atoms with Crippen LogP contribution < -0.4 is 15.2 Å². The van der Waals surface area contributed by atoms with E-state index in [0.717, 1.165) is 33.9 Å². The van der Waals surface area contributed by atoms with Crippen LogP contribution in [-0.4, -0.2) is 14.2 Å². The van der Waals surface area contributed by atoms with Gasteiger partial charge in [-0.2, -0.15) is 0 Å². The minimum absolute atomic E-state index is 0.0273. The smallest absolute Gasteiger partial charge is 0.133 e. The Morgan fingerprint density at radius 3 is 2.47 bits per heavy atom. The highest BCUT2D eigenvalue weighted by Gasteiger charge is 2.26. The predicted octanol–water partition coefficient (Wildman–Crippen LogP) is 3.27. The molecule has 0 spiro atoms. The molecule has 17 heavy (non-hydrogen) atoms. The van der Waals surface area contributed by atoms with Gasteiger partial charge in [0.05, 0.1) is 18.7 Å². The van der Waals surface area contributed by atoms with E-state index in [9.17, 15) is 0 Å². The fourth-order valence-electron chi connectivity index (χ4n) is 2.01. The third-order valence-electron chi connectivity index (χ3n) is 3.19. The van der Waals surface area contributed by atoms with E-state index in [1.807, 2.05) is 12.1 Å². The Bertz CT molecular complexity index is 405. The summed E-state index contributed by atoms with van der Waals surface area (Å²) in [5.41, 5.74) is 7.26. The first-order chi connectivity index (χ1) is 8.15. The molecule has 3 nitrogen and oxygen atoms in total. The molecule has 1 aliphatic rings. The second-order valence-electron chi connectivity index (χ2n) is 4.51. The van der Waals surface area contributed by atoms with Crippen molar-refractivity contribution in [1.82, 2.24) is 0 Å². The molecule has 0 heterocycles. The van der Waals surface area contributed by atoms with Crippen LogP contribution in [0.4, 0.5) is 0 Å². The lowest BCUT2D eigenvalue weighted by atomic mass is 10.0. The summed E-state index contributed by atoms with van der Waals surface area (Å²) >= 11 is 3.45. The van der Waals surface area contributed by atoms with E-state index in [1.54, 1.807) is 14.2 Å². The molecule has 0 radical (unpaired) electrons. The zero-order valence-corrected chi connectivity index (χ0v) is 11.8. The number of ether oxygens (including phenoxy) is 2. The number of rotatable bonds is 5. The minimum atomic E-state index is 0.0273. The van der Waals surface area contributed by atoms with Crippen molar-refractivity contribution >= 4 is 15.9 Å². The van der Waals surface area contributed by atoms with Gasteiger partial charge in [0.25, 0.3) is 0 Å². The van der Waals surface area contributed by atoms with Crippen molar-refractivity contribution < 1.29 is 9.47 Å². The second kappa shape index (κ2) is 5.27. The van der Waals surface area contributed by atoms with Gasteiger partial charge < -0.3 is 15.2 Å². The normalized spacial score (nSPS) is 16.7. The Balaban J connectivity index is 2.28. The highest BCUT2D eigenvalue weighted by molar-refractivity contribution is 9.10. The summed E-state index contributed by atoms with van der Waals surface area (Å²) in [5, 5.41) is 0. The molecule has 0 aliphatic heterocycles. The van der Waals surface area contributed by atoms with E-state index in [-0.39, 0.29) is 6.04 Å². The van der Waals surface area contributed by atoms with E-state index in [2.05, 4.69) is 15.9 Å². The Morgan fingerprint density at radius 2 is 1.94 bits per heavy atom. The Kier molecular flexibility index (Phi) is 3.94. The molecule has 0 bridgehead atoms. The van der Waals surface area contributed by atoms with Gasteiger partial charge in [0.2, 0.25) is 0 Å². The van der Waals surface area contributed by atoms with Crippen molar-refractivity contribution in [2.45, 2.75) is 25.3 Å². The highest BCUT2D eigenvalue weighted by atomic mass is 79.9. The van der Waals surface area contributed by atoms with Gasteiger partial charge in [0, 0.05) is 11.6 Å². The van der Waals surface area contributed by atoms with Gasteiger partial charge in [-0.1, -0.05) is 12.8 Å². The van der Waals surface area contributed by atoms with Gasteiger partial charge in [0.1, 0.15) is 11.5 Å². The first kappa shape index (κ1) is 12.7. The molecule has 2 rings (SSSR count). The topological polar surface area (TPSA) is 44.5 Å². The molecule has 1 fully saturated rings. The van der Waals surface area contributed by atoms with E-state index in [4.69, 9.17) is 15.2 Å². The number of nitrogens with two attached hydrogens (primary N) is 1. The number of hydrogen-bond acceptors (Lipinski definition) is 3. The molecule has 0 saturated heterocycles. The maximum atomic E-state index is 6.24. The second-order valence-corrected chi connectivity index (χ2v) is 5.37. The molecule has 0 unspecified atom stereocenters. The molecule has 0 aromatic heterocycles. The van der Waals surface area contributed by atoms with Crippen LogP contribution in [0, 0.1) is 5.92 Å². The SMILES string of the molecule is COc1cc([C@@H](N)CC2CC2)c(OC)cc1Br. The van der Waals surface area contributed by atoms with E-state index in [1.165, 1.54) is 12.8 Å². The summed E-state index contributed by atoms with van der Waals surface area (Å²) in [7, 11) is 3.32. The number of halogens is 1. The van der Waals surface area contributed by atoms with Crippen molar-refractivity contribution in [1.29, 1.82) is 0 Å². The Hall–Kier alpha value is -0.740. The van der Waals surface area contributed by atoms with Gasteiger partial charge in [-0.15, -0.1) is 0 Å². The summed E-state index contributed by atoms with van der Waals surface area (Å²) < 4.78 is 11.6. The molecule has 4 heteroatoms. The third kappa shape index (κ3) is 2.93. The lowest BCUT2D eigenvalue weighted by Gasteiger charge is -2.17. The standard InChI is InChI=1S/C13H18BrNO2/c1-16-12-7-10(14)13(17-2)6-9(12)11(15)5-8-3-4-8/h6-8,11H,3-5,15H2,1-2H3/t11-/m0/s1. The van der Waals surface area contributed by atoms with Crippen LogP contribution in [-0.2, 0) is 0 Å². The molecule has 2 N–H and O–H groups in total. The van der Waals surface area contributed by atoms with Crippen molar-refractivity contribution in [2.24, 2.45) is 11.7 Å². The average molecular weight is 300 g/mol. The third-order valence-corrected chi connectivity index (χ3v) is 3.81. The van der Waals surface area contributed by atoms with Crippen molar-refractivity contribution in [3.63, 3.8) is 0 Å². The predicted molar refractivity (Wildman–Crippen MR) is 71.5 cm³/mol. The van der Waals surface area contributed by atoms with Crippen LogP contribution >= 0.6 is 15.9 Å². The van der Waals surface area contributed by atoms with Crippen LogP contribution in [0.1, 0.15) is 30.9 Å². The molecular formula is C13H18BrNO2. The summed E-state index contributed by atoms with van der Waals surface area (Å²) in [6.45, 7) is 0. The number of benzene rings is 1. The number of methoxy groups -OCH3 is 2. The van der Waals surface area contributed by atoms with Crippen LogP contribution in [0.2, 0.25) is 0 Å². The maximum absolute atomic E-state index is 6.24. The average Bonchev–Trinajstić information content (AvgIpc) is 3.12. The van der Waals surface area contributed by atoms with E-state index < -0.39 is 0 Å². The van der Waals surface area contributed by atoms with Gasteiger partial charge in [-0.25, -0.2) is 0 Å². The quantitative estimate of drug-likeness (QED) is 0.907. The molecule has 1 atom stereocenters. The summed E-state index contributed by atoms with van der Waals surface area (Å²) in [4.78, 5) is 0. The van der Waals surface area contributed by atoms with Crippen LogP contribution in [0.15, 0.2) is 16.6 Å². The summed E-state index contributed by atoms with van der Waals surface area (Å²) in [6.07, 6.45) is 3.65. The first-order valence-electron chi connectivity index (χ1n) is 5.82. The molecule has 1 aliphatic carbocycles. The summed E-state index contributed by atoms with van der Waals surface area (Å²) in [6, 6.07) is 3.91. The zero-order chi connectivity index (χ0) is 12.4. The fraction of sp³-hybridized carbons (Fsp3) is 0.538. The van der Waals surface area contributed by atoms with Crippen LogP contribution in [0.5, 0.6) is 11.5 Å². The molecule has 1 saturated carbocycles. The molecule has 94 valence electrons. The van der Waals surface area contributed by atoms with Crippen molar-refractivity contribution in [3.05, 3.63) is 22.2 Å². The molecular weight excluding hydrogens is 282 g/mol. The monoisotopic (exact) mass is 299 g/mol. The van der Waals surface area contributed by atoms with Crippen LogP contribution in [0.25, 0.3) is 0 Å². The first-order valence-corrected chi connectivity index (χ1v) is 6.62. The molecule has 0 amide bonds. The van der Waals surface area contributed by atoms with Crippen molar-refractivity contribution in [3.8, 4) is 11.5 Å². The lowest BCUT2D eigenvalue weighted by Crippen LogP contribution is -2.12. The van der Waals surface area contributed by atoms with Gasteiger partial charge >= 0.3 is 0 Å². The molecule has 1 aromatic carbocycles. The minimum Gasteiger partial charge on any atom is -0.496 e.